The quantitative estimate of drug-likeness (QED) is 0.719. The number of rotatable bonds is 8. The number of hydrogen-bond donors (Lipinski definition) is 2. The molecule has 5 heteroatoms. The van der Waals surface area contributed by atoms with Crippen molar-refractivity contribution in [3.05, 3.63) is 30.3 Å². The van der Waals surface area contributed by atoms with Gasteiger partial charge in [-0.05, 0) is 18.1 Å². The van der Waals surface area contributed by atoms with Crippen LogP contribution < -0.4 is 16.0 Å². The molecule has 0 spiro atoms. The SMILES string of the molecule is CC(C)CNC(=O)CN(CCC(N)=S)c1ccccc1. The number of nitrogens with zero attached hydrogens (tertiary/aromatic N) is 1. The second-order valence-corrected chi connectivity index (χ2v) is 5.70. The van der Waals surface area contributed by atoms with Gasteiger partial charge in [0.25, 0.3) is 0 Å². The number of amides is 1. The number of carbonyl (C=O) groups is 1. The molecule has 110 valence electrons. The predicted molar refractivity (Wildman–Crippen MR) is 87.9 cm³/mol. The minimum atomic E-state index is 0.0190. The molecule has 1 amide bonds. The topological polar surface area (TPSA) is 58.4 Å². The maximum absolute atomic E-state index is 12.0. The van der Waals surface area contributed by atoms with E-state index in [4.69, 9.17) is 18.0 Å². The molecule has 0 saturated heterocycles. The number of nitrogens with two attached hydrogens (primary N) is 1. The molecular formula is C15H23N3OS. The van der Waals surface area contributed by atoms with E-state index in [1.807, 2.05) is 35.2 Å². The number of benzene rings is 1. The van der Waals surface area contributed by atoms with Crippen molar-refractivity contribution in [1.82, 2.24) is 5.32 Å². The molecule has 0 atom stereocenters. The number of anilines is 1. The summed E-state index contributed by atoms with van der Waals surface area (Å²) in [5, 5.41) is 2.93. The lowest BCUT2D eigenvalue weighted by molar-refractivity contribution is -0.119. The molecule has 0 bridgehead atoms. The monoisotopic (exact) mass is 293 g/mol. The van der Waals surface area contributed by atoms with Crippen molar-refractivity contribution in [3.8, 4) is 0 Å². The van der Waals surface area contributed by atoms with Crippen molar-refractivity contribution < 1.29 is 4.79 Å². The van der Waals surface area contributed by atoms with Gasteiger partial charge in [0.05, 0.1) is 11.5 Å². The summed E-state index contributed by atoms with van der Waals surface area (Å²) in [5.41, 5.74) is 6.56. The molecule has 0 saturated carbocycles. The number of carbonyl (C=O) groups excluding carboxylic acids is 1. The summed E-state index contributed by atoms with van der Waals surface area (Å²) in [4.78, 5) is 14.4. The molecular weight excluding hydrogens is 270 g/mol. The predicted octanol–water partition coefficient (Wildman–Crippen LogP) is 1.94. The van der Waals surface area contributed by atoms with Crippen molar-refractivity contribution in [1.29, 1.82) is 0 Å². The highest BCUT2D eigenvalue weighted by Crippen LogP contribution is 2.13. The van der Waals surface area contributed by atoms with Crippen LogP contribution in [0.2, 0.25) is 0 Å². The lowest BCUT2D eigenvalue weighted by Crippen LogP contribution is -2.39. The van der Waals surface area contributed by atoms with E-state index < -0.39 is 0 Å². The Morgan fingerprint density at radius 3 is 2.55 bits per heavy atom. The second-order valence-electron chi connectivity index (χ2n) is 5.17. The van der Waals surface area contributed by atoms with Gasteiger partial charge >= 0.3 is 0 Å². The number of hydrogen-bond acceptors (Lipinski definition) is 3. The molecule has 1 aromatic carbocycles. The zero-order valence-corrected chi connectivity index (χ0v) is 13.0. The average molecular weight is 293 g/mol. The first-order valence-electron chi connectivity index (χ1n) is 6.84. The van der Waals surface area contributed by atoms with Gasteiger partial charge in [0.1, 0.15) is 0 Å². The molecule has 0 unspecified atom stereocenters. The second kappa shape index (κ2) is 8.53. The van der Waals surface area contributed by atoms with Gasteiger partial charge in [-0.3, -0.25) is 4.79 Å². The first-order chi connectivity index (χ1) is 9.49. The molecule has 4 nitrogen and oxygen atoms in total. The highest BCUT2D eigenvalue weighted by atomic mass is 32.1. The van der Waals surface area contributed by atoms with Crippen LogP contribution in [0.5, 0.6) is 0 Å². The van der Waals surface area contributed by atoms with Crippen molar-refractivity contribution in [2.24, 2.45) is 11.7 Å². The van der Waals surface area contributed by atoms with E-state index in [9.17, 15) is 4.79 Å². The van der Waals surface area contributed by atoms with Crippen molar-refractivity contribution in [2.75, 3.05) is 24.5 Å². The zero-order valence-electron chi connectivity index (χ0n) is 12.1. The Morgan fingerprint density at radius 2 is 2.00 bits per heavy atom. The largest absolute Gasteiger partial charge is 0.393 e. The van der Waals surface area contributed by atoms with Crippen LogP contribution in [0, 0.1) is 5.92 Å². The van der Waals surface area contributed by atoms with E-state index in [1.54, 1.807) is 0 Å². The maximum Gasteiger partial charge on any atom is 0.239 e. The van der Waals surface area contributed by atoms with Gasteiger partial charge in [-0.2, -0.15) is 0 Å². The van der Waals surface area contributed by atoms with E-state index in [-0.39, 0.29) is 5.91 Å². The third kappa shape index (κ3) is 6.52. The summed E-state index contributed by atoms with van der Waals surface area (Å²) in [6.45, 7) is 5.80. The normalized spacial score (nSPS) is 10.3. The van der Waals surface area contributed by atoms with Gasteiger partial charge in [0.15, 0.2) is 0 Å². The van der Waals surface area contributed by atoms with Crippen LogP contribution in [-0.2, 0) is 4.79 Å². The Bertz CT molecular complexity index is 434. The molecule has 0 aliphatic carbocycles. The van der Waals surface area contributed by atoms with Gasteiger partial charge in [0.2, 0.25) is 5.91 Å². The number of nitrogens with one attached hydrogen (secondary N) is 1. The molecule has 0 fully saturated rings. The summed E-state index contributed by atoms with van der Waals surface area (Å²) in [5.74, 6) is 0.464. The van der Waals surface area contributed by atoms with Gasteiger partial charge in [-0.1, -0.05) is 44.3 Å². The fourth-order valence-electron chi connectivity index (χ4n) is 1.73. The first kappa shape index (κ1) is 16.4. The van der Waals surface area contributed by atoms with Crippen LogP contribution in [0.4, 0.5) is 5.69 Å². The fourth-order valence-corrected chi connectivity index (χ4v) is 1.82. The van der Waals surface area contributed by atoms with Crippen LogP contribution in [0.1, 0.15) is 20.3 Å². The number of para-hydroxylation sites is 1. The smallest absolute Gasteiger partial charge is 0.239 e. The summed E-state index contributed by atoms with van der Waals surface area (Å²) >= 11 is 4.91. The molecule has 1 aromatic rings. The summed E-state index contributed by atoms with van der Waals surface area (Å²) in [6.07, 6.45) is 0.599. The molecule has 1 rings (SSSR count). The Morgan fingerprint density at radius 1 is 1.35 bits per heavy atom. The minimum absolute atomic E-state index is 0.0190. The summed E-state index contributed by atoms with van der Waals surface area (Å²) in [6, 6.07) is 9.82. The Kier molecular flexibility index (Phi) is 7.01. The Hall–Kier alpha value is -1.62. The van der Waals surface area contributed by atoms with E-state index >= 15 is 0 Å². The lowest BCUT2D eigenvalue weighted by Gasteiger charge is -2.24. The zero-order chi connectivity index (χ0) is 15.0. The van der Waals surface area contributed by atoms with Gasteiger partial charge in [0, 0.05) is 25.2 Å². The molecule has 20 heavy (non-hydrogen) atoms. The lowest BCUT2D eigenvalue weighted by atomic mass is 10.2. The van der Waals surface area contributed by atoms with Crippen LogP contribution in [0.15, 0.2) is 30.3 Å². The summed E-state index contributed by atoms with van der Waals surface area (Å²) < 4.78 is 0. The third-order valence-corrected chi connectivity index (χ3v) is 3.00. The molecule has 3 N–H and O–H groups in total. The van der Waals surface area contributed by atoms with Gasteiger partial charge in [-0.15, -0.1) is 0 Å². The van der Waals surface area contributed by atoms with E-state index in [2.05, 4.69) is 19.2 Å². The molecule has 0 aromatic heterocycles. The van der Waals surface area contributed by atoms with Crippen molar-refractivity contribution >= 4 is 28.8 Å². The molecule has 0 aliphatic rings. The molecule has 0 heterocycles. The molecule has 0 aliphatic heterocycles. The third-order valence-electron chi connectivity index (χ3n) is 2.79. The Balaban J connectivity index is 2.63. The van der Waals surface area contributed by atoms with Crippen molar-refractivity contribution in [2.45, 2.75) is 20.3 Å². The van der Waals surface area contributed by atoms with Crippen LogP contribution in [0.25, 0.3) is 0 Å². The van der Waals surface area contributed by atoms with Crippen LogP contribution in [0.3, 0.4) is 0 Å². The fraction of sp³-hybridized carbons (Fsp3) is 0.467. The first-order valence-corrected chi connectivity index (χ1v) is 7.25. The van der Waals surface area contributed by atoms with E-state index in [0.29, 0.717) is 37.0 Å². The summed E-state index contributed by atoms with van der Waals surface area (Å²) in [7, 11) is 0. The molecule has 0 radical (unpaired) electrons. The average Bonchev–Trinajstić information content (AvgIpc) is 2.42. The van der Waals surface area contributed by atoms with E-state index in [0.717, 1.165) is 5.69 Å². The number of thiocarbonyl (C=S) groups is 1. The van der Waals surface area contributed by atoms with Crippen molar-refractivity contribution in [3.63, 3.8) is 0 Å². The van der Waals surface area contributed by atoms with Gasteiger partial charge < -0.3 is 16.0 Å². The van der Waals surface area contributed by atoms with Crippen LogP contribution in [-0.4, -0.2) is 30.5 Å². The van der Waals surface area contributed by atoms with E-state index in [1.165, 1.54) is 0 Å². The minimum Gasteiger partial charge on any atom is -0.393 e. The highest BCUT2D eigenvalue weighted by Gasteiger charge is 2.11. The Labute approximate surface area is 126 Å². The standard InChI is InChI=1S/C15H23N3OS/c1-12(2)10-17-15(19)11-18(9-8-14(16)20)13-6-4-3-5-7-13/h3-7,12H,8-11H2,1-2H3,(H2,16,20)(H,17,19). The maximum atomic E-state index is 12.0. The van der Waals surface area contributed by atoms with Crippen LogP contribution >= 0.6 is 12.2 Å². The van der Waals surface area contributed by atoms with Gasteiger partial charge in [-0.25, -0.2) is 0 Å². The highest BCUT2D eigenvalue weighted by molar-refractivity contribution is 7.80.